The monoisotopic (exact) mass is 724 g/mol. The van der Waals surface area contributed by atoms with Crippen LogP contribution in [0, 0.1) is 0 Å². The summed E-state index contributed by atoms with van der Waals surface area (Å²) in [6, 6.07) is 48.9. The molecule has 0 radical (unpaired) electrons. The van der Waals surface area contributed by atoms with Crippen LogP contribution in [0.25, 0.3) is 76.2 Å². The number of hydrogen-bond acceptors (Lipinski definition) is 0. The molecule has 0 N–H and O–H groups in total. The minimum atomic E-state index is 0.214. The van der Waals surface area contributed by atoms with E-state index >= 15 is 0 Å². The molecule has 4 aromatic heterocycles. The number of aromatic nitrogens is 2. The van der Waals surface area contributed by atoms with E-state index in [1.165, 1.54) is 87.1 Å². The van der Waals surface area contributed by atoms with Crippen LogP contribution < -0.4 is 34.2 Å². The molecule has 0 fully saturated rings. The summed E-state index contributed by atoms with van der Waals surface area (Å²) in [6.45, 7) is 0.245. The molecule has 2 aliphatic heterocycles. The predicted molar refractivity (Wildman–Crippen MR) is 203 cm³/mol. The van der Waals surface area contributed by atoms with Crippen molar-refractivity contribution in [1.82, 2.24) is 8.80 Å². The summed E-state index contributed by atoms with van der Waals surface area (Å²) in [6.07, 6.45) is 0. The van der Waals surface area contributed by atoms with Gasteiger partial charge in [0.2, 0.25) is 0 Å². The number of benzene rings is 7. The van der Waals surface area contributed by atoms with E-state index < -0.39 is 0 Å². The van der Waals surface area contributed by atoms with E-state index in [2.05, 4.69) is 136 Å². The Kier molecular flexibility index (Phi) is 4.26. The van der Waals surface area contributed by atoms with Gasteiger partial charge >= 0.3 is 283 Å². The maximum atomic E-state index is 2.61. The molecule has 7 aromatic carbocycles. The number of para-hydroxylation sites is 4. The molecule has 0 atom stereocenters. The number of rotatable bonds is 0. The summed E-state index contributed by atoms with van der Waals surface area (Å²) in [7, 11) is 0. The standard InChI is InChI=1S/C42H21BN2Se2/c1-3-14-32-22(8-1)24-10-5-12-26-28-18-20-30-41(39(28)44(32)37(24)26)46-34-16-7-17-35-36(34)43(30)31-21-19-29-27-13-6-11-25-23-9-2-4-15-33(23)45(38(25)27)40(29)42(31)47-35/h1-21H. The van der Waals surface area contributed by atoms with Crippen LogP contribution >= 0.6 is 0 Å². The van der Waals surface area contributed by atoms with Gasteiger partial charge in [-0.25, -0.2) is 0 Å². The molecule has 0 aliphatic carbocycles. The summed E-state index contributed by atoms with van der Waals surface area (Å²) in [5.41, 5.74) is 12.9. The van der Waals surface area contributed by atoms with E-state index in [4.69, 9.17) is 0 Å². The van der Waals surface area contributed by atoms with Crippen LogP contribution in [0.15, 0.2) is 127 Å². The molecular formula is C42H21BN2Se2. The SMILES string of the molecule is c1cc2c3c(c1)[Se]c1c(ccc4c5cccc6c7ccccc7n(c14)c65)B3c1ccc3c4cccc5c6ccccc6n(c3c1[Se]2)c54. The van der Waals surface area contributed by atoms with Crippen LogP contribution in [0.3, 0.4) is 0 Å². The van der Waals surface area contributed by atoms with Crippen LogP contribution in [0.5, 0.6) is 0 Å². The topological polar surface area (TPSA) is 8.82 Å². The van der Waals surface area contributed by atoms with Gasteiger partial charge in [-0.3, -0.25) is 0 Å². The molecule has 0 spiro atoms. The third-order valence-electron chi connectivity index (χ3n) is 11.1. The zero-order valence-corrected chi connectivity index (χ0v) is 28.3. The van der Waals surface area contributed by atoms with E-state index in [0.717, 1.165) is 0 Å². The molecule has 0 unspecified atom stereocenters. The third-order valence-corrected chi connectivity index (χ3v) is 16.2. The van der Waals surface area contributed by atoms with Crippen LogP contribution in [-0.4, -0.2) is 45.4 Å². The van der Waals surface area contributed by atoms with Gasteiger partial charge < -0.3 is 0 Å². The Morgan fingerprint density at radius 1 is 0.362 bits per heavy atom. The van der Waals surface area contributed by atoms with Crippen LogP contribution in [-0.2, 0) is 0 Å². The quantitative estimate of drug-likeness (QED) is 0.205. The zero-order chi connectivity index (χ0) is 30.1. The molecule has 0 saturated heterocycles. The Balaban J connectivity index is 1.19. The third kappa shape index (κ3) is 2.70. The van der Waals surface area contributed by atoms with Crippen LogP contribution in [0.1, 0.15) is 0 Å². The van der Waals surface area contributed by atoms with Gasteiger partial charge in [0, 0.05) is 0 Å². The second-order valence-electron chi connectivity index (χ2n) is 13.2. The van der Waals surface area contributed by atoms with E-state index in [1.54, 1.807) is 23.3 Å². The first-order chi connectivity index (χ1) is 23.3. The molecular weight excluding hydrogens is 701 g/mol. The first-order valence-corrected chi connectivity index (χ1v) is 19.7. The Bertz CT molecular complexity index is 2990. The van der Waals surface area contributed by atoms with Gasteiger partial charge in [-0.05, 0) is 0 Å². The summed E-state index contributed by atoms with van der Waals surface area (Å²) < 4.78 is 11.5. The van der Waals surface area contributed by atoms with Crippen molar-refractivity contribution in [2.75, 3.05) is 0 Å². The summed E-state index contributed by atoms with van der Waals surface area (Å²) in [5, 5.41) is 11.0. The number of nitrogens with zero attached hydrogens (tertiary/aromatic N) is 2. The molecule has 13 rings (SSSR count). The van der Waals surface area contributed by atoms with E-state index in [9.17, 15) is 0 Å². The van der Waals surface area contributed by atoms with Gasteiger partial charge in [0.25, 0.3) is 0 Å². The second kappa shape index (κ2) is 8.20. The average Bonchev–Trinajstić information content (AvgIpc) is 3.85. The molecule has 5 heteroatoms. The normalized spacial score (nSPS) is 14.2. The number of hydrogen-bond donors (Lipinski definition) is 0. The van der Waals surface area contributed by atoms with Gasteiger partial charge in [-0.15, -0.1) is 0 Å². The zero-order valence-electron chi connectivity index (χ0n) is 24.9. The summed E-state index contributed by atoms with van der Waals surface area (Å²) >= 11 is 0.428. The van der Waals surface area contributed by atoms with Crippen LogP contribution in [0.2, 0.25) is 0 Å². The van der Waals surface area contributed by atoms with Crippen molar-refractivity contribution in [3.63, 3.8) is 0 Å². The Labute approximate surface area is 281 Å². The van der Waals surface area contributed by atoms with Crippen molar-refractivity contribution in [1.29, 1.82) is 0 Å². The van der Waals surface area contributed by atoms with E-state index in [0.29, 0.717) is 0 Å². The van der Waals surface area contributed by atoms with Crippen molar-refractivity contribution >= 4 is 147 Å². The van der Waals surface area contributed by atoms with E-state index in [-0.39, 0.29) is 36.6 Å². The van der Waals surface area contributed by atoms with Crippen molar-refractivity contribution < 1.29 is 0 Å². The Hall–Kier alpha value is -4.76. The molecule has 0 amide bonds. The fourth-order valence-electron chi connectivity index (χ4n) is 9.34. The first kappa shape index (κ1) is 24.4. The Morgan fingerprint density at radius 2 is 0.766 bits per heavy atom. The molecule has 0 saturated carbocycles. The Morgan fingerprint density at radius 3 is 1.28 bits per heavy atom. The van der Waals surface area contributed by atoms with Gasteiger partial charge in [0.1, 0.15) is 0 Å². The summed E-state index contributed by atoms with van der Waals surface area (Å²) in [5.74, 6) is 0. The van der Waals surface area contributed by atoms with Gasteiger partial charge in [-0.2, -0.15) is 0 Å². The fraction of sp³-hybridized carbons (Fsp3) is 0. The van der Waals surface area contributed by atoms with Crippen molar-refractivity contribution in [2.45, 2.75) is 0 Å². The maximum absolute atomic E-state index is 2.61. The van der Waals surface area contributed by atoms with Crippen molar-refractivity contribution in [3.05, 3.63) is 127 Å². The van der Waals surface area contributed by atoms with E-state index in [1.807, 2.05) is 0 Å². The predicted octanol–water partition coefficient (Wildman–Crippen LogP) is 4.44. The van der Waals surface area contributed by atoms with Crippen molar-refractivity contribution in [2.24, 2.45) is 0 Å². The molecule has 0 bridgehead atoms. The molecule has 6 heterocycles. The van der Waals surface area contributed by atoms with Gasteiger partial charge in [0.05, 0.1) is 0 Å². The number of fused-ring (bicyclic) bond motifs is 18. The first-order valence-electron chi connectivity index (χ1n) is 16.2. The van der Waals surface area contributed by atoms with Crippen molar-refractivity contribution in [3.8, 4) is 0 Å². The molecule has 47 heavy (non-hydrogen) atoms. The van der Waals surface area contributed by atoms with Gasteiger partial charge in [-0.1, -0.05) is 0 Å². The summed E-state index contributed by atoms with van der Waals surface area (Å²) in [4.78, 5) is 0. The van der Waals surface area contributed by atoms with Gasteiger partial charge in [0.15, 0.2) is 0 Å². The molecule has 214 valence electrons. The molecule has 11 aromatic rings. The second-order valence-corrected chi connectivity index (χ2v) is 17.6. The van der Waals surface area contributed by atoms with Crippen LogP contribution in [0.4, 0.5) is 0 Å². The molecule has 2 aliphatic rings. The fourth-order valence-corrected chi connectivity index (χ4v) is 15.2. The minimum absolute atomic E-state index is 0.214. The average molecular weight is 722 g/mol. The molecule has 2 nitrogen and oxygen atoms in total.